The van der Waals surface area contributed by atoms with Crippen molar-refractivity contribution in [2.24, 2.45) is 11.3 Å². The molecule has 1 N–H and O–H groups in total. The Morgan fingerprint density at radius 1 is 1.59 bits per heavy atom. The molecule has 17 heavy (non-hydrogen) atoms. The maximum Gasteiger partial charge on any atom is 0.106 e. The molecule has 1 aromatic heterocycles. The Morgan fingerprint density at radius 3 is 3.24 bits per heavy atom. The number of hydrogen-bond donors (Lipinski definition) is 1. The lowest BCUT2D eigenvalue weighted by molar-refractivity contribution is -0.192. The molecule has 3 unspecified atom stereocenters. The topological polar surface area (TPSA) is 34.2 Å². The molecule has 4 heteroatoms. The van der Waals surface area contributed by atoms with E-state index in [1.54, 1.807) is 11.3 Å². The van der Waals surface area contributed by atoms with Crippen LogP contribution in [0, 0.1) is 11.3 Å². The van der Waals surface area contributed by atoms with Crippen molar-refractivity contribution < 1.29 is 4.74 Å². The van der Waals surface area contributed by atoms with Crippen LogP contribution in [0.25, 0.3) is 0 Å². The predicted molar refractivity (Wildman–Crippen MR) is 69.0 cm³/mol. The van der Waals surface area contributed by atoms with Gasteiger partial charge in [-0.25, -0.2) is 4.98 Å². The summed E-state index contributed by atoms with van der Waals surface area (Å²) in [4.78, 5) is 4.32. The molecular weight excluding hydrogens is 232 g/mol. The van der Waals surface area contributed by atoms with Crippen LogP contribution in [-0.4, -0.2) is 23.7 Å². The highest BCUT2D eigenvalue weighted by Gasteiger charge is 2.57. The molecule has 2 aliphatic rings. The quantitative estimate of drug-likeness (QED) is 0.897. The average molecular weight is 252 g/mol. The second-order valence-corrected chi connectivity index (χ2v) is 6.68. The predicted octanol–water partition coefficient (Wildman–Crippen LogP) is 2.44. The summed E-state index contributed by atoms with van der Waals surface area (Å²) in [5.41, 5.74) is 0.266. The normalized spacial score (nSPS) is 35.1. The molecule has 1 saturated heterocycles. The molecule has 0 spiro atoms. The third-order valence-electron chi connectivity index (χ3n) is 4.29. The molecule has 3 nitrogen and oxygen atoms in total. The molecular formula is C13H20N2OS. The van der Waals surface area contributed by atoms with Crippen LogP contribution in [0.15, 0.2) is 11.6 Å². The molecule has 1 saturated carbocycles. The monoisotopic (exact) mass is 252 g/mol. The fraction of sp³-hybridized carbons (Fsp3) is 0.769. The van der Waals surface area contributed by atoms with Gasteiger partial charge in [-0.05, 0) is 12.8 Å². The van der Waals surface area contributed by atoms with Gasteiger partial charge in [0, 0.05) is 42.1 Å². The molecule has 0 radical (unpaired) electrons. The van der Waals surface area contributed by atoms with Gasteiger partial charge in [0.1, 0.15) is 5.01 Å². The van der Waals surface area contributed by atoms with Crippen molar-refractivity contribution in [1.82, 2.24) is 10.3 Å². The molecule has 0 bridgehead atoms. The minimum absolute atomic E-state index is 0.266. The lowest BCUT2D eigenvalue weighted by atomic mass is 9.55. The maximum absolute atomic E-state index is 5.91. The number of thiazole rings is 1. The molecule has 2 fully saturated rings. The summed E-state index contributed by atoms with van der Waals surface area (Å²) in [6, 6.07) is 0.580. The minimum Gasteiger partial charge on any atom is -0.377 e. The lowest BCUT2D eigenvalue weighted by Crippen LogP contribution is -2.69. The van der Waals surface area contributed by atoms with Crippen LogP contribution >= 0.6 is 11.3 Å². The minimum atomic E-state index is 0.266. The highest BCUT2D eigenvalue weighted by Crippen LogP contribution is 2.51. The van der Waals surface area contributed by atoms with Gasteiger partial charge in [0.15, 0.2) is 0 Å². The van der Waals surface area contributed by atoms with Crippen LogP contribution in [0.2, 0.25) is 0 Å². The standard InChI is InChI=1S/C13H20N2OS/c1-13(2)11(9-4-3-6-16-12(9)13)15-8-10-14-5-7-17-10/h5,7,9,11-12,15H,3-4,6,8H2,1-2H3. The summed E-state index contributed by atoms with van der Waals surface area (Å²) in [6.45, 7) is 6.48. The van der Waals surface area contributed by atoms with E-state index in [0.29, 0.717) is 18.1 Å². The van der Waals surface area contributed by atoms with E-state index in [2.05, 4.69) is 24.1 Å². The smallest absolute Gasteiger partial charge is 0.106 e. The summed E-state index contributed by atoms with van der Waals surface area (Å²) in [6.07, 6.45) is 4.86. The van der Waals surface area contributed by atoms with Crippen molar-refractivity contribution in [1.29, 1.82) is 0 Å². The number of rotatable bonds is 3. The molecule has 1 aliphatic carbocycles. The van der Waals surface area contributed by atoms with Crippen LogP contribution in [-0.2, 0) is 11.3 Å². The number of aromatic nitrogens is 1. The van der Waals surface area contributed by atoms with Crippen LogP contribution in [0.4, 0.5) is 0 Å². The third kappa shape index (κ3) is 1.92. The van der Waals surface area contributed by atoms with Crippen LogP contribution in [0.3, 0.4) is 0 Å². The Labute approximate surface area is 107 Å². The average Bonchev–Trinajstić information content (AvgIpc) is 2.82. The van der Waals surface area contributed by atoms with Crippen molar-refractivity contribution in [2.75, 3.05) is 6.61 Å². The van der Waals surface area contributed by atoms with Crippen LogP contribution in [0.1, 0.15) is 31.7 Å². The van der Waals surface area contributed by atoms with E-state index in [4.69, 9.17) is 4.74 Å². The highest BCUT2D eigenvalue weighted by atomic mass is 32.1. The number of nitrogens with one attached hydrogen (secondary N) is 1. The Kier molecular flexibility index (Phi) is 2.97. The summed E-state index contributed by atoms with van der Waals surface area (Å²) in [7, 11) is 0. The van der Waals surface area contributed by atoms with Crippen molar-refractivity contribution >= 4 is 11.3 Å². The van der Waals surface area contributed by atoms with Gasteiger partial charge >= 0.3 is 0 Å². The summed E-state index contributed by atoms with van der Waals surface area (Å²) >= 11 is 1.72. The van der Waals surface area contributed by atoms with Gasteiger partial charge in [0.25, 0.3) is 0 Å². The largest absolute Gasteiger partial charge is 0.377 e. The number of ether oxygens (including phenoxy) is 1. The van der Waals surface area contributed by atoms with Crippen LogP contribution in [0.5, 0.6) is 0 Å². The van der Waals surface area contributed by atoms with Crippen LogP contribution < -0.4 is 5.32 Å². The van der Waals surface area contributed by atoms with E-state index in [-0.39, 0.29) is 5.41 Å². The lowest BCUT2D eigenvalue weighted by Gasteiger charge is -2.60. The highest BCUT2D eigenvalue weighted by molar-refractivity contribution is 7.09. The van der Waals surface area contributed by atoms with Gasteiger partial charge in [-0.3, -0.25) is 0 Å². The van der Waals surface area contributed by atoms with Crippen molar-refractivity contribution in [3.8, 4) is 0 Å². The molecule has 2 heterocycles. The Balaban J connectivity index is 1.62. The Hall–Kier alpha value is -0.450. The number of fused-ring (bicyclic) bond motifs is 1. The van der Waals surface area contributed by atoms with E-state index < -0.39 is 0 Å². The second kappa shape index (κ2) is 4.34. The van der Waals surface area contributed by atoms with E-state index >= 15 is 0 Å². The molecule has 94 valence electrons. The molecule has 0 aromatic carbocycles. The first-order valence-corrected chi connectivity index (χ1v) is 7.31. The first kappa shape index (κ1) is 11.6. The van der Waals surface area contributed by atoms with Gasteiger partial charge in [0.05, 0.1) is 6.10 Å². The summed E-state index contributed by atoms with van der Waals surface area (Å²) < 4.78 is 5.91. The van der Waals surface area contributed by atoms with Crippen molar-refractivity contribution in [2.45, 2.75) is 45.4 Å². The number of nitrogens with zero attached hydrogens (tertiary/aromatic N) is 1. The van der Waals surface area contributed by atoms with Gasteiger partial charge < -0.3 is 10.1 Å². The zero-order valence-corrected chi connectivity index (χ0v) is 11.3. The Bertz CT molecular complexity index is 377. The number of hydrogen-bond acceptors (Lipinski definition) is 4. The maximum atomic E-state index is 5.91. The molecule has 1 aliphatic heterocycles. The van der Waals surface area contributed by atoms with E-state index in [1.165, 1.54) is 17.8 Å². The SMILES string of the molecule is CC1(C)C(NCc2nccs2)C2CCCOC21. The molecule has 3 rings (SSSR count). The van der Waals surface area contributed by atoms with Gasteiger partial charge in [-0.15, -0.1) is 11.3 Å². The molecule has 3 atom stereocenters. The molecule has 1 aromatic rings. The zero-order valence-electron chi connectivity index (χ0n) is 10.5. The summed E-state index contributed by atoms with van der Waals surface area (Å²) in [5.74, 6) is 0.707. The second-order valence-electron chi connectivity index (χ2n) is 5.70. The van der Waals surface area contributed by atoms with E-state index in [9.17, 15) is 0 Å². The zero-order chi connectivity index (χ0) is 11.9. The van der Waals surface area contributed by atoms with Gasteiger partial charge in [-0.2, -0.15) is 0 Å². The fourth-order valence-corrected chi connectivity index (χ4v) is 4.04. The first-order chi connectivity index (χ1) is 8.19. The first-order valence-electron chi connectivity index (χ1n) is 6.43. The van der Waals surface area contributed by atoms with Crippen molar-refractivity contribution in [3.05, 3.63) is 16.6 Å². The Morgan fingerprint density at radius 2 is 2.47 bits per heavy atom. The fourth-order valence-electron chi connectivity index (χ4n) is 3.47. The van der Waals surface area contributed by atoms with Gasteiger partial charge in [-0.1, -0.05) is 13.8 Å². The van der Waals surface area contributed by atoms with E-state index in [1.807, 2.05) is 11.6 Å². The third-order valence-corrected chi connectivity index (χ3v) is 5.07. The van der Waals surface area contributed by atoms with Gasteiger partial charge in [0.2, 0.25) is 0 Å². The summed E-state index contributed by atoms with van der Waals surface area (Å²) in [5, 5.41) is 6.90. The molecule has 0 amide bonds. The van der Waals surface area contributed by atoms with Crippen molar-refractivity contribution in [3.63, 3.8) is 0 Å². The van der Waals surface area contributed by atoms with E-state index in [0.717, 1.165) is 13.2 Å².